The van der Waals surface area contributed by atoms with Crippen molar-refractivity contribution in [1.29, 1.82) is 0 Å². The molecule has 2 saturated heterocycles. The van der Waals surface area contributed by atoms with Gasteiger partial charge in [0.15, 0.2) is 0 Å². The molecule has 25 heavy (non-hydrogen) atoms. The molecule has 2 aliphatic heterocycles. The third-order valence-corrected chi connectivity index (χ3v) is 5.14. The molecule has 3 rings (SSSR count). The lowest BCUT2D eigenvalue weighted by atomic mass is 9.96. The predicted molar refractivity (Wildman–Crippen MR) is 92.2 cm³/mol. The molecule has 1 aromatic rings. The van der Waals surface area contributed by atoms with Gasteiger partial charge in [-0.1, -0.05) is 0 Å². The topological polar surface area (TPSA) is 79.3 Å². The third kappa shape index (κ3) is 3.56. The van der Waals surface area contributed by atoms with Crippen LogP contribution in [0.4, 0.5) is 5.69 Å². The van der Waals surface area contributed by atoms with Crippen LogP contribution in [0.1, 0.15) is 19.3 Å². The Morgan fingerprint density at radius 2 is 1.64 bits per heavy atom. The Labute approximate surface area is 147 Å². The Kier molecular flexibility index (Phi) is 5.13. The Hall–Kier alpha value is -2.28. The first-order valence-corrected chi connectivity index (χ1v) is 8.54. The maximum Gasteiger partial charge on any atom is 0.306 e. The van der Waals surface area contributed by atoms with Crippen molar-refractivity contribution in [3.8, 4) is 11.5 Å². The maximum absolute atomic E-state index is 12.9. The van der Waals surface area contributed by atoms with Crippen molar-refractivity contribution in [2.75, 3.05) is 38.8 Å². The van der Waals surface area contributed by atoms with Gasteiger partial charge in [-0.05, 0) is 32.4 Å². The van der Waals surface area contributed by atoms with Gasteiger partial charge in [0.25, 0.3) is 0 Å². The molecule has 0 bridgehead atoms. The largest absolute Gasteiger partial charge is 0.497 e. The maximum atomic E-state index is 12.9. The van der Waals surface area contributed by atoms with E-state index in [1.54, 1.807) is 25.2 Å². The molecule has 2 fully saturated rings. The smallest absolute Gasteiger partial charge is 0.306 e. The molecular weight excluding hydrogens is 324 g/mol. The number of hydrogen-bond acceptors (Lipinski definition) is 5. The van der Waals surface area contributed by atoms with Gasteiger partial charge in [0.2, 0.25) is 5.91 Å². The van der Waals surface area contributed by atoms with Crippen molar-refractivity contribution < 1.29 is 24.2 Å². The number of anilines is 1. The monoisotopic (exact) mass is 348 g/mol. The summed E-state index contributed by atoms with van der Waals surface area (Å²) in [7, 11) is 3.17. The summed E-state index contributed by atoms with van der Waals surface area (Å²) in [6.07, 6.45) is 1.95. The molecule has 2 heterocycles. The molecule has 0 aliphatic carbocycles. The van der Waals surface area contributed by atoms with Crippen LogP contribution in [0.2, 0.25) is 0 Å². The van der Waals surface area contributed by atoms with Crippen LogP contribution < -0.4 is 14.4 Å². The summed E-state index contributed by atoms with van der Waals surface area (Å²) >= 11 is 0. The zero-order valence-corrected chi connectivity index (χ0v) is 14.6. The zero-order valence-electron chi connectivity index (χ0n) is 14.6. The molecule has 0 spiro atoms. The molecule has 1 amide bonds. The van der Waals surface area contributed by atoms with E-state index in [4.69, 9.17) is 14.6 Å². The number of amides is 1. The number of carbonyl (C=O) groups is 2. The molecule has 0 saturated carbocycles. The lowest BCUT2D eigenvalue weighted by Gasteiger charge is -2.33. The minimum atomic E-state index is -0.734. The number of piperidine rings is 1. The van der Waals surface area contributed by atoms with Crippen LogP contribution in [-0.2, 0) is 9.59 Å². The number of carbonyl (C=O) groups excluding carboxylic acids is 1. The number of benzene rings is 1. The second-order valence-electron chi connectivity index (χ2n) is 6.51. The van der Waals surface area contributed by atoms with Crippen LogP contribution in [0.15, 0.2) is 18.2 Å². The van der Waals surface area contributed by atoms with E-state index in [-0.39, 0.29) is 17.9 Å². The second-order valence-corrected chi connectivity index (χ2v) is 6.51. The number of methoxy groups -OCH3 is 2. The highest BCUT2D eigenvalue weighted by Gasteiger charge is 2.39. The molecule has 0 radical (unpaired) electrons. The van der Waals surface area contributed by atoms with Gasteiger partial charge in [0.1, 0.15) is 11.5 Å². The first-order valence-electron chi connectivity index (χ1n) is 8.54. The Morgan fingerprint density at radius 1 is 1.04 bits per heavy atom. The molecule has 136 valence electrons. The fourth-order valence-corrected chi connectivity index (χ4v) is 3.67. The summed E-state index contributed by atoms with van der Waals surface area (Å²) in [5.74, 6) is 0.332. The summed E-state index contributed by atoms with van der Waals surface area (Å²) in [5.41, 5.74) is 0.768. The minimum absolute atomic E-state index is 0.0593. The van der Waals surface area contributed by atoms with Gasteiger partial charge < -0.3 is 19.5 Å². The molecule has 0 aromatic heterocycles. The first-order chi connectivity index (χ1) is 12.0. The van der Waals surface area contributed by atoms with Crippen LogP contribution >= 0.6 is 0 Å². The average Bonchev–Trinajstić information content (AvgIpc) is 3.02. The Bertz CT molecular complexity index is 633. The SMILES string of the molecule is COc1cc(OC)cc(N2CCC(N3CCC(C(=O)O)CC3)C2=O)c1. The van der Waals surface area contributed by atoms with E-state index in [9.17, 15) is 9.59 Å². The van der Waals surface area contributed by atoms with E-state index in [1.807, 2.05) is 12.1 Å². The molecule has 1 N–H and O–H groups in total. The van der Waals surface area contributed by atoms with Crippen LogP contribution in [0, 0.1) is 5.92 Å². The number of ether oxygens (including phenoxy) is 2. The van der Waals surface area contributed by atoms with E-state index in [2.05, 4.69) is 4.90 Å². The van der Waals surface area contributed by atoms with E-state index in [1.165, 1.54) is 0 Å². The van der Waals surface area contributed by atoms with Gasteiger partial charge in [-0.25, -0.2) is 0 Å². The van der Waals surface area contributed by atoms with E-state index < -0.39 is 5.97 Å². The highest BCUT2D eigenvalue weighted by molar-refractivity contribution is 5.99. The van der Waals surface area contributed by atoms with Crippen molar-refractivity contribution >= 4 is 17.6 Å². The van der Waals surface area contributed by atoms with Crippen molar-refractivity contribution in [2.45, 2.75) is 25.3 Å². The van der Waals surface area contributed by atoms with Crippen molar-refractivity contribution in [3.05, 3.63) is 18.2 Å². The number of likely N-dealkylation sites (tertiary alicyclic amines) is 1. The first kappa shape index (κ1) is 17.5. The molecular formula is C18H24N2O5. The van der Waals surface area contributed by atoms with Crippen molar-refractivity contribution in [3.63, 3.8) is 0 Å². The van der Waals surface area contributed by atoms with Crippen LogP contribution in [0.25, 0.3) is 0 Å². The lowest BCUT2D eigenvalue weighted by Crippen LogP contribution is -2.46. The van der Waals surface area contributed by atoms with Gasteiger partial charge in [-0.2, -0.15) is 0 Å². The standard InChI is InChI=1S/C18H24N2O5/c1-24-14-9-13(10-15(11-14)25-2)20-8-5-16(17(20)21)19-6-3-12(4-7-19)18(22)23/h9-12,16H,3-8H2,1-2H3,(H,22,23). The molecule has 1 aromatic carbocycles. The van der Waals surface area contributed by atoms with E-state index >= 15 is 0 Å². The van der Waals surface area contributed by atoms with Gasteiger partial charge >= 0.3 is 5.97 Å². The number of aliphatic carboxylic acids is 1. The zero-order chi connectivity index (χ0) is 18.0. The van der Waals surface area contributed by atoms with Crippen molar-refractivity contribution in [1.82, 2.24) is 4.90 Å². The molecule has 1 unspecified atom stereocenters. The molecule has 7 heteroatoms. The number of carboxylic acids is 1. The van der Waals surface area contributed by atoms with E-state index in [0.717, 1.165) is 12.1 Å². The number of nitrogens with zero attached hydrogens (tertiary/aromatic N) is 2. The predicted octanol–water partition coefficient (Wildman–Crippen LogP) is 1.61. The minimum Gasteiger partial charge on any atom is -0.497 e. The number of rotatable bonds is 5. The Balaban J connectivity index is 1.71. The fourth-order valence-electron chi connectivity index (χ4n) is 3.67. The quantitative estimate of drug-likeness (QED) is 0.871. The second kappa shape index (κ2) is 7.31. The van der Waals surface area contributed by atoms with Gasteiger partial charge in [-0.3, -0.25) is 14.5 Å². The molecule has 2 aliphatic rings. The normalized spacial score (nSPS) is 22.2. The van der Waals surface area contributed by atoms with Gasteiger partial charge in [0.05, 0.1) is 31.9 Å². The van der Waals surface area contributed by atoms with Gasteiger partial charge in [0, 0.05) is 24.7 Å². The van der Waals surface area contributed by atoms with E-state index in [0.29, 0.717) is 44.0 Å². The molecule has 7 nitrogen and oxygen atoms in total. The number of hydrogen-bond donors (Lipinski definition) is 1. The van der Waals surface area contributed by atoms with Crippen molar-refractivity contribution in [2.24, 2.45) is 5.92 Å². The van der Waals surface area contributed by atoms with Crippen LogP contribution in [-0.4, -0.2) is 61.8 Å². The molecule has 1 atom stereocenters. The summed E-state index contributed by atoms with van der Waals surface area (Å²) in [6, 6.07) is 5.27. The summed E-state index contributed by atoms with van der Waals surface area (Å²) < 4.78 is 10.6. The van der Waals surface area contributed by atoms with Crippen LogP contribution in [0.3, 0.4) is 0 Å². The van der Waals surface area contributed by atoms with Gasteiger partial charge in [-0.15, -0.1) is 0 Å². The average molecular weight is 348 g/mol. The number of carboxylic acid groups (broad SMARTS) is 1. The fraction of sp³-hybridized carbons (Fsp3) is 0.556. The summed E-state index contributed by atoms with van der Waals surface area (Å²) in [6.45, 7) is 1.95. The summed E-state index contributed by atoms with van der Waals surface area (Å²) in [4.78, 5) is 27.9. The lowest BCUT2D eigenvalue weighted by molar-refractivity contribution is -0.143. The highest BCUT2D eigenvalue weighted by Crippen LogP contribution is 2.32. The summed E-state index contributed by atoms with van der Waals surface area (Å²) in [5, 5.41) is 9.11. The highest BCUT2D eigenvalue weighted by atomic mass is 16.5. The van der Waals surface area contributed by atoms with Crippen LogP contribution in [0.5, 0.6) is 11.5 Å². The Morgan fingerprint density at radius 3 is 2.16 bits per heavy atom. The third-order valence-electron chi connectivity index (χ3n) is 5.14.